The van der Waals surface area contributed by atoms with Gasteiger partial charge in [-0.3, -0.25) is 4.79 Å². The molecule has 1 fully saturated rings. The number of fused-ring (bicyclic) bond motifs is 1. The van der Waals surface area contributed by atoms with Crippen LogP contribution in [0.15, 0.2) is 78.9 Å². The van der Waals surface area contributed by atoms with Crippen LogP contribution in [0.3, 0.4) is 0 Å². The number of amides is 1. The lowest BCUT2D eigenvalue weighted by Crippen LogP contribution is -2.26. The van der Waals surface area contributed by atoms with Gasteiger partial charge in [-0.25, -0.2) is 0 Å². The molecule has 232 valence electrons. The molecule has 0 atom stereocenters. The fourth-order valence-electron chi connectivity index (χ4n) is 5.42. The third-order valence-electron chi connectivity index (χ3n) is 8.13. The summed E-state index contributed by atoms with van der Waals surface area (Å²) in [7, 11) is 1.65. The number of methoxy groups -OCH3 is 1. The van der Waals surface area contributed by atoms with Crippen LogP contribution in [0.5, 0.6) is 5.75 Å². The standard InChI is InChI=1S/C20H22N4O2.C11H12.C6H13N/c1-26-18-10-7-17(8-11-18)14-24-19(22-23-20(24)13-21-15-25)12-9-16-5-3-2-4-6-16;1-9-5-4-7-10-6-2-3-8-11(9)10;1-6-2-4-7-5-3-6/h2-8,10-11,15H,9,12-14H2,1H3,(H,21,25);3-5,7-8H,2,6H2,1H3;6-7H,2-5H2,1H3. The molecule has 1 aliphatic heterocycles. The Labute approximate surface area is 262 Å². The minimum Gasteiger partial charge on any atom is -0.497 e. The second kappa shape index (κ2) is 17.8. The summed E-state index contributed by atoms with van der Waals surface area (Å²) in [4.78, 5) is 10.7. The van der Waals surface area contributed by atoms with E-state index in [9.17, 15) is 4.79 Å². The number of hydrogen-bond donors (Lipinski definition) is 2. The Bertz CT molecular complexity index is 1440. The summed E-state index contributed by atoms with van der Waals surface area (Å²) in [5.74, 6) is 3.45. The van der Waals surface area contributed by atoms with Gasteiger partial charge >= 0.3 is 0 Å². The molecule has 1 saturated heterocycles. The number of allylic oxidation sites excluding steroid dienone is 1. The summed E-state index contributed by atoms with van der Waals surface area (Å²) in [6.45, 7) is 7.98. The van der Waals surface area contributed by atoms with Gasteiger partial charge in [0.25, 0.3) is 0 Å². The Morgan fingerprint density at radius 3 is 2.34 bits per heavy atom. The topological polar surface area (TPSA) is 81.1 Å². The van der Waals surface area contributed by atoms with E-state index in [0.29, 0.717) is 19.5 Å². The predicted molar refractivity (Wildman–Crippen MR) is 179 cm³/mol. The third kappa shape index (κ3) is 10.2. The summed E-state index contributed by atoms with van der Waals surface area (Å²) in [5.41, 5.74) is 6.74. The summed E-state index contributed by atoms with van der Waals surface area (Å²) >= 11 is 0. The molecule has 1 aliphatic carbocycles. The first-order valence-corrected chi connectivity index (χ1v) is 15.8. The highest BCUT2D eigenvalue weighted by molar-refractivity contribution is 5.59. The first-order chi connectivity index (χ1) is 21.6. The van der Waals surface area contributed by atoms with E-state index in [4.69, 9.17) is 4.74 Å². The lowest BCUT2D eigenvalue weighted by atomic mass is 9.94. The minimum absolute atomic E-state index is 0.359. The summed E-state index contributed by atoms with van der Waals surface area (Å²) < 4.78 is 7.28. The van der Waals surface area contributed by atoms with Crippen LogP contribution in [0.1, 0.15) is 65.7 Å². The lowest BCUT2D eigenvalue weighted by molar-refractivity contribution is -0.109. The van der Waals surface area contributed by atoms with E-state index in [1.165, 1.54) is 61.0 Å². The molecule has 7 heteroatoms. The molecule has 2 heterocycles. The molecule has 1 amide bonds. The maximum Gasteiger partial charge on any atom is 0.207 e. The van der Waals surface area contributed by atoms with Crippen molar-refractivity contribution in [2.24, 2.45) is 5.92 Å². The van der Waals surface area contributed by atoms with Crippen LogP contribution in [0.25, 0.3) is 6.08 Å². The SMILES string of the molecule is CC1CCNCC1.COc1ccc(Cn2c(CCc3ccccc3)nnc2CNC=O)cc1.Cc1cccc2c1C=CCC2. The Balaban J connectivity index is 0.000000198. The number of rotatable bonds is 9. The fraction of sp³-hybridized carbons (Fsp3) is 0.378. The highest BCUT2D eigenvalue weighted by Gasteiger charge is 2.13. The summed E-state index contributed by atoms with van der Waals surface area (Å²) in [5, 5.41) is 14.6. The van der Waals surface area contributed by atoms with Crippen LogP contribution in [-0.4, -0.2) is 41.4 Å². The lowest BCUT2D eigenvalue weighted by Gasteiger charge is -2.17. The Kier molecular flexibility index (Phi) is 13.2. The van der Waals surface area contributed by atoms with E-state index >= 15 is 0 Å². The van der Waals surface area contributed by atoms with Crippen LogP contribution in [0.2, 0.25) is 0 Å². The molecule has 0 unspecified atom stereocenters. The highest BCUT2D eigenvalue weighted by atomic mass is 16.5. The fourth-order valence-corrected chi connectivity index (χ4v) is 5.42. The molecule has 2 aliphatic rings. The number of ether oxygens (including phenoxy) is 1. The van der Waals surface area contributed by atoms with Crippen LogP contribution in [0.4, 0.5) is 0 Å². The zero-order chi connectivity index (χ0) is 31.0. The molecule has 0 saturated carbocycles. The molecule has 0 radical (unpaired) electrons. The molecule has 2 N–H and O–H groups in total. The molecule has 0 spiro atoms. The second-order valence-corrected chi connectivity index (χ2v) is 11.5. The molecule has 7 nitrogen and oxygen atoms in total. The molecule has 6 rings (SSSR count). The summed E-state index contributed by atoms with van der Waals surface area (Å²) in [6, 6.07) is 24.8. The van der Waals surface area contributed by atoms with Gasteiger partial charge in [-0.1, -0.05) is 79.7 Å². The molecular weight excluding hydrogens is 546 g/mol. The Morgan fingerprint density at radius 2 is 1.68 bits per heavy atom. The number of carbonyl (C=O) groups excluding carboxylic acids is 1. The van der Waals surface area contributed by atoms with E-state index in [2.05, 4.69) is 81.7 Å². The van der Waals surface area contributed by atoms with Gasteiger partial charge in [-0.15, -0.1) is 10.2 Å². The number of hydrogen-bond acceptors (Lipinski definition) is 5. The quantitative estimate of drug-likeness (QED) is 0.222. The monoisotopic (exact) mass is 593 g/mol. The number of aromatic nitrogens is 3. The van der Waals surface area contributed by atoms with Crippen LogP contribution in [0, 0.1) is 12.8 Å². The second-order valence-electron chi connectivity index (χ2n) is 11.5. The number of aryl methyl sites for hydroxylation is 4. The third-order valence-corrected chi connectivity index (χ3v) is 8.13. The van der Waals surface area contributed by atoms with Gasteiger partial charge in [-0.05, 0) is 98.0 Å². The molecule has 1 aromatic heterocycles. The van der Waals surface area contributed by atoms with E-state index in [1.54, 1.807) is 7.11 Å². The van der Waals surface area contributed by atoms with Gasteiger partial charge in [0, 0.05) is 6.42 Å². The van der Waals surface area contributed by atoms with Gasteiger partial charge in [-0.2, -0.15) is 0 Å². The average molecular weight is 594 g/mol. The van der Waals surface area contributed by atoms with Gasteiger partial charge in [0.15, 0.2) is 5.82 Å². The Hall–Kier alpha value is -4.23. The van der Waals surface area contributed by atoms with Crippen LogP contribution >= 0.6 is 0 Å². The maximum atomic E-state index is 10.7. The van der Waals surface area contributed by atoms with Crippen molar-refractivity contribution in [2.45, 2.75) is 65.5 Å². The average Bonchev–Trinajstić information content (AvgIpc) is 3.45. The van der Waals surface area contributed by atoms with Gasteiger partial charge < -0.3 is 19.9 Å². The van der Waals surface area contributed by atoms with Crippen molar-refractivity contribution < 1.29 is 9.53 Å². The molecule has 3 aromatic carbocycles. The smallest absolute Gasteiger partial charge is 0.207 e. The Morgan fingerprint density at radius 1 is 0.932 bits per heavy atom. The van der Waals surface area contributed by atoms with E-state index in [1.807, 2.05) is 42.5 Å². The molecular formula is C37H47N5O2. The van der Waals surface area contributed by atoms with Crippen LogP contribution in [-0.2, 0) is 37.1 Å². The first-order valence-electron chi connectivity index (χ1n) is 15.8. The predicted octanol–water partition coefficient (Wildman–Crippen LogP) is 6.33. The number of benzene rings is 3. The zero-order valence-corrected chi connectivity index (χ0v) is 26.5. The number of nitrogens with zero attached hydrogens (tertiary/aromatic N) is 3. The number of nitrogens with one attached hydrogen (secondary N) is 2. The van der Waals surface area contributed by atoms with Crippen molar-refractivity contribution in [1.29, 1.82) is 0 Å². The van der Waals surface area contributed by atoms with E-state index < -0.39 is 0 Å². The van der Waals surface area contributed by atoms with Crippen LogP contribution < -0.4 is 15.4 Å². The number of carbonyl (C=O) groups is 1. The van der Waals surface area contributed by atoms with Crippen molar-refractivity contribution in [1.82, 2.24) is 25.4 Å². The molecule has 0 bridgehead atoms. The van der Waals surface area contributed by atoms with E-state index in [-0.39, 0.29) is 0 Å². The normalized spacial score (nSPS) is 13.9. The van der Waals surface area contributed by atoms with Crippen molar-refractivity contribution in [3.05, 3.63) is 118 Å². The molecule has 44 heavy (non-hydrogen) atoms. The van der Waals surface area contributed by atoms with Gasteiger partial charge in [0.05, 0.1) is 20.2 Å². The largest absolute Gasteiger partial charge is 0.497 e. The van der Waals surface area contributed by atoms with Crippen molar-refractivity contribution in [3.63, 3.8) is 0 Å². The molecule has 4 aromatic rings. The van der Waals surface area contributed by atoms with Gasteiger partial charge in [0.1, 0.15) is 11.6 Å². The van der Waals surface area contributed by atoms with E-state index in [0.717, 1.165) is 41.7 Å². The summed E-state index contributed by atoms with van der Waals surface area (Å²) in [6.07, 6.45) is 12.0. The maximum absolute atomic E-state index is 10.7. The van der Waals surface area contributed by atoms with Crippen molar-refractivity contribution in [2.75, 3.05) is 20.2 Å². The van der Waals surface area contributed by atoms with Crippen molar-refractivity contribution >= 4 is 12.5 Å². The van der Waals surface area contributed by atoms with Crippen molar-refractivity contribution in [3.8, 4) is 5.75 Å². The van der Waals surface area contributed by atoms with Gasteiger partial charge in [0.2, 0.25) is 6.41 Å². The highest BCUT2D eigenvalue weighted by Crippen LogP contribution is 2.21. The first kappa shape index (κ1) is 32.7. The zero-order valence-electron chi connectivity index (χ0n) is 26.5. The minimum atomic E-state index is 0.359. The number of piperidine rings is 1.